The van der Waals surface area contributed by atoms with Crippen LogP contribution in [0.5, 0.6) is 0 Å². The summed E-state index contributed by atoms with van der Waals surface area (Å²) in [6, 6.07) is 0. The summed E-state index contributed by atoms with van der Waals surface area (Å²) in [5, 5.41) is 3.72. The molecule has 2 heterocycles. The molecular formula is C9H8BrClN4S. The van der Waals surface area contributed by atoms with Gasteiger partial charge in [0.1, 0.15) is 10.2 Å². The maximum atomic E-state index is 5.83. The molecule has 0 fully saturated rings. The minimum atomic E-state index is 0.585. The number of rotatable bonds is 2. The number of thiazole rings is 1. The molecule has 0 radical (unpaired) electrons. The average Bonchev–Trinajstić information content (AvgIpc) is 2.69. The van der Waals surface area contributed by atoms with Gasteiger partial charge in [-0.15, -0.1) is 0 Å². The summed E-state index contributed by atoms with van der Waals surface area (Å²) in [7, 11) is 1.81. The Balaban J connectivity index is 2.54. The maximum Gasteiger partial charge on any atom is 0.191 e. The number of anilines is 1. The van der Waals surface area contributed by atoms with Crippen molar-refractivity contribution in [1.29, 1.82) is 0 Å². The first-order valence-corrected chi connectivity index (χ1v) is 6.44. The summed E-state index contributed by atoms with van der Waals surface area (Å²) in [6.45, 7) is 1.91. The smallest absolute Gasteiger partial charge is 0.191 e. The van der Waals surface area contributed by atoms with Crippen molar-refractivity contribution in [2.24, 2.45) is 0 Å². The van der Waals surface area contributed by atoms with E-state index in [9.17, 15) is 0 Å². The Morgan fingerprint density at radius 1 is 1.44 bits per heavy atom. The van der Waals surface area contributed by atoms with Crippen LogP contribution in [0.1, 0.15) is 5.69 Å². The SMILES string of the molecule is CNc1nc(-c2ncc(Cl)s2)nc(C)c1Br. The average molecular weight is 320 g/mol. The summed E-state index contributed by atoms with van der Waals surface area (Å²) in [5.41, 5.74) is 0.862. The maximum absolute atomic E-state index is 5.83. The van der Waals surface area contributed by atoms with Crippen molar-refractivity contribution in [2.45, 2.75) is 6.92 Å². The van der Waals surface area contributed by atoms with E-state index < -0.39 is 0 Å². The first-order valence-electron chi connectivity index (χ1n) is 4.45. The second-order valence-corrected chi connectivity index (χ2v) is 5.47. The highest BCUT2D eigenvalue weighted by Crippen LogP contribution is 2.29. The number of nitrogens with zero attached hydrogens (tertiary/aromatic N) is 3. The van der Waals surface area contributed by atoms with E-state index in [1.807, 2.05) is 14.0 Å². The summed E-state index contributed by atoms with van der Waals surface area (Å²) < 4.78 is 1.49. The molecule has 0 unspecified atom stereocenters. The van der Waals surface area contributed by atoms with Crippen LogP contribution >= 0.6 is 38.9 Å². The highest BCUT2D eigenvalue weighted by molar-refractivity contribution is 9.10. The molecule has 1 N–H and O–H groups in total. The van der Waals surface area contributed by atoms with Crippen molar-refractivity contribution in [3.05, 3.63) is 20.7 Å². The van der Waals surface area contributed by atoms with Crippen molar-refractivity contribution in [2.75, 3.05) is 12.4 Å². The number of hydrogen-bond donors (Lipinski definition) is 1. The van der Waals surface area contributed by atoms with Crippen LogP contribution in [0.15, 0.2) is 10.7 Å². The minimum absolute atomic E-state index is 0.585. The van der Waals surface area contributed by atoms with Gasteiger partial charge < -0.3 is 5.32 Å². The summed E-state index contributed by atoms with van der Waals surface area (Å²) >= 11 is 10.6. The molecule has 0 aliphatic rings. The first-order chi connectivity index (χ1) is 7.61. The highest BCUT2D eigenvalue weighted by atomic mass is 79.9. The van der Waals surface area contributed by atoms with E-state index >= 15 is 0 Å². The van der Waals surface area contributed by atoms with Crippen LogP contribution in [0, 0.1) is 6.92 Å². The molecule has 84 valence electrons. The van der Waals surface area contributed by atoms with E-state index in [-0.39, 0.29) is 0 Å². The predicted octanol–water partition coefficient (Wildman–Crippen LogP) is 3.37. The summed E-state index contributed by atoms with van der Waals surface area (Å²) in [6.07, 6.45) is 1.60. The molecule has 0 amide bonds. The largest absolute Gasteiger partial charge is 0.372 e. The van der Waals surface area contributed by atoms with Gasteiger partial charge in [0.15, 0.2) is 10.8 Å². The number of aromatic nitrogens is 3. The fourth-order valence-electron chi connectivity index (χ4n) is 1.18. The quantitative estimate of drug-likeness (QED) is 0.922. The Hall–Kier alpha value is -0.720. The highest BCUT2D eigenvalue weighted by Gasteiger charge is 2.12. The van der Waals surface area contributed by atoms with Crippen LogP contribution in [-0.2, 0) is 0 Å². The molecule has 0 aliphatic carbocycles. The molecule has 16 heavy (non-hydrogen) atoms. The van der Waals surface area contributed by atoms with Crippen LogP contribution in [-0.4, -0.2) is 22.0 Å². The van der Waals surface area contributed by atoms with E-state index in [1.165, 1.54) is 11.3 Å². The molecule has 0 spiro atoms. The van der Waals surface area contributed by atoms with Crippen molar-refractivity contribution in [3.8, 4) is 10.8 Å². The molecule has 2 aromatic rings. The number of halogens is 2. The lowest BCUT2D eigenvalue weighted by Gasteiger charge is -2.06. The van der Waals surface area contributed by atoms with Gasteiger partial charge in [-0.05, 0) is 22.9 Å². The third-order valence-corrected chi connectivity index (χ3v) is 3.98. The molecule has 2 aromatic heterocycles. The third-order valence-electron chi connectivity index (χ3n) is 1.92. The van der Waals surface area contributed by atoms with Crippen molar-refractivity contribution in [1.82, 2.24) is 15.0 Å². The van der Waals surface area contributed by atoms with Gasteiger partial charge in [-0.25, -0.2) is 15.0 Å². The molecule has 0 aromatic carbocycles. The van der Waals surface area contributed by atoms with E-state index in [2.05, 4.69) is 36.2 Å². The van der Waals surface area contributed by atoms with Crippen LogP contribution < -0.4 is 5.32 Å². The number of nitrogens with one attached hydrogen (secondary N) is 1. The Labute approximate surface area is 110 Å². The summed E-state index contributed by atoms with van der Waals surface area (Å²) in [4.78, 5) is 12.9. The lowest BCUT2D eigenvalue weighted by atomic mass is 10.4. The monoisotopic (exact) mass is 318 g/mol. The fraction of sp³-hybridized carbons (Fsp3) is 0.222. The Morgan fingerprint density at radius 2 is 2.19 bits per heavy atom. The van der Waals surface area contributed by atoms with E-state index in [4.69, 9.17) is 11.6 Å². The van der Waals surface area contributed by atoms with Crippen molar-refractivity contribution < 1.29 is 0 Å². The number of hydrogen-bond acceptors (Lipinski definition) is 5. The standard InChI is InChI=1S/C9H8BrClN4S/c1-4-6(10)7(12-2)15-8(14-4)9-13-3-5(11)16-9/h3H,1-2H3,(H,12,14,15). The first kappa shape index (κ1) is 11.8. The third kappa shape index (κ3) is 2.18. The van der Waals surface area contributed by atoms with Gasteiger partial charge in [0.25, 0.3) is 0 Å². The molecule has 2 rings (SSSR count). The predicted molar refractivity (Wildman–Crippen MR) is 70.1 cm³/mol. The topological polar surface area (TPSA) is 50.7 Å². The van der Waals surface area contributed by atoms with Gasteiger partial charge in [0, 0.05) is 7.05 Å². The molecular weight excluding hydrogens is 312 g/mol. The zero-order chi connectivity index (χ0) is 11.7. The molecule has 0 atom stereocenters. The lowest BCUT2D eigenvalue weighted by Crippen LogP contribution is -2.00. The van der Waals surface area contributed by atoms with Gasteiger partial charge in [-0.3, -0.25) is 0 Å². The second kappa shape index (κ2) is 4.65. The molecule has 0 bridgehead atoms. The minimum Gasteiger partial charge on any atom is -0.372 e. The zero-order valence-corrected chi connectivity index (χ0v) is 11.7. The van der Waals surface area contributed by atoms with E-state index in [1.54, 1.807) is 6.20 Å². The molecule has 0 aliphatic heterocycles. The van der Waals surface area contributed by atoms with Crippen LogP contribution in [0.3, 0.4) is 0 Å². The Morgan fingerprint density at radius 3 is 2.75 bits per heavy atom. The fourth-order valence-corrected chi connectivity index (χ4v) is 2.40. The van der Waals surface area contributed by atoms with Crippen molar-refractivity contribution >= 4 is 44.7 Å². The molecule has 0 saturated heterocycles. The van der Waals surface area contributed by atoms with Crippen LogP contribution in [0.2, 0.25) is 4.34 Å². The van der Waals surface area contributed by atoms with Crippen LogP contribution in [0.25, 0.3) is 10.8 Å². The van der Waals surface area contributed by atoms with Gasteiger partial charge in [0.05, 0.1) is 16.4 Å². The van der Waals surface area contributed by atoms with Gasteiger partial charge in [-0.2, -0.15) is 0 Å². The zero-order valence-electron chi connectivity index (χ0n) is 8.58. The Kier molecular flexibility index (Phi) is 3.41. The molecule has 7 heteroatoms. The Bertz CT molecular complexity index is 528. The van der Waals surface area contributed by atoms with Crippen molar-refractivity contribution in [3.63, 3.8) is 0 Å². The normalized spacial score (nSPS) is 10.5. The van der Waals surface area contributed by atoms with E-state index in [0.717, 1.165) is 21.0 Å². The molecule has 0 saturated carbocycles. The van der Waals surface area contributed by atoms with E-state index in [0.29, 0.717) is 10.2 Å². The van der Waals surface area contributed by atoms with Gasteiger partial charge in [-0.1, -0.05) is 22.9 Å². The second-order valence-electron chi connectivity index (χ2n) is 3.01. The van der Waals surface area contributed by atoms with Gasteiger partial charge >= 0.3 is 0 Å². The summed E-state index contributed by atoms with van der Waals surface area (Å²) in [5.74, 6) is 1.33. The lowest BCUT2D eigenvalue weighted by molar-refractivity contribution is 1.08. The molecule has 4 nitrogen and oxygen atoms in total. The van der Waals surface area contributed by atoms with Gasteiger partial charge in [0.2, 0.25) is 0 Å². The van der Waals surface area contributed by atoms with Crippen LogP contribution in [0.4, 0.5) is 5.82 Å². The number of aryl methyl sites for hydroxylation is 1.